The smallest absolute Gasteiger partial charge is 0.0599 e. The maximum Gasteiger partial charge on any atom is 0.0599 e. The van der Waals surface area contributed by atoms with Crippen LogP contribution >= 0.6 is 0 Å². The van der Waals surface area contributed by atoms with E-state index >= 15 is 0 Å². The second kappa shape index (κ2) is 8.80. The lowest BCUT2D eigenvalue weighted by atomic mass is 10.1. The molecule has 0 spiro atoms. The monoisotopic (exact) mass is 283 g/mol. The Hall–Kier alpha value is -2.29. The third-order valence-corrected chi connectivity index (χ3v) is 3.18. The van der Waals surface area contributed by atoms with Crippen LogP contribution < -0.4 is 10.6 Å². The Labute approximate surface area is 128 Å². The third-order valence-electron chi connectivity index (χ3n) is 3.18. The molecular weight excluding hydrogens is 258 g/mol. The van der Waals surface area contributed by atoms with E-state index < -0.39 is 0 Å². The van der Waals surface area contributed by atoms with Crippen LogP contribution in [0.1, 0.15) is 25.0 Å². The van der Waals surface area contributed by atoms with Crippen LogP contribution in [0.2, 0.25) is 0 Å². The lowest BCUT2D eigenvalue weighted by molar-refractivity contribution is 0.816. The van der Waals surface area contributed by atoms with E-state index in [1.54, 1.807) is 6.21 Å². The summed E-state index contributed by atoms with van der Waals surface area (Å²) < 4.78 is 0. The van der Waals surface area contributed by atoms with E-state index in [-0.39, 0.29) is 0 Å². The van der Waals surface area contributed by atoms with Crippen LogP contribution in [0.5, 0.6) is 0 Å². The zero-order chi connectivity index (χ0) is 15.7. The SMILES string of the molecule is C=C(CNC(/C=C/c1ccccc1C)=C(\C)N=CC)NC. The number of rotatable bonds is 7. The molecule has 0 atom stereocenters. The van der Waals surface area contributed by atoms with E-state index in [1.165, 1.54) is 11.1 Å². The Kier molecular flexibility index (Phi) is 7.02. The molecule has 0 amide bonds. The van der Waals surface area contributed by atoms with Crippen LogP contribution in [0.25, 0.3) is 6.08 Å². The zero-order valence-corrected chi connectivity index (χ0v) is 13.4. The Morgan fingerprint density at radius 3 is 2.67 bits per heavy atom. The average Bonchev–Trinajstić information content (AvgIpc) is 2.48. The van der Waals surface area contributed by atoms with Gasteiger partial charge in [0.2, 0.25) is 0 Å². The fourth-order valence-electron chi connectivity index (χ4n) is 1.81. The van der Waals surface area contributed by atoms with Gasteiger partial charge in [0.1, 0.15) is 0 Å². The molecule has 0 radical (unpaired) electrons. The number of nitrogens with zero attached hydrogens (tertiary/aromatic N) is 1. The van der Waals surface area contributed by atoms with E-state index in [2.05, 4.69) is 53.4 Å². The summed E-state index contributed by atoms with van der Waals surface area (Å²) in [6, 6.07) is 8.30. The molecule has 0 fully saturated rings. The van der Waals surface area contributed by atoms with E-state index in [4.69, 9.17) is 0 Å². The van der Waals surface area contributed by atoms with Crippen molar-refractivity contribution in [3.8, 4) is 0 Å². The van der Waals surface area contributed by atoms with E-state index in [0.29, 0.717) is 6.54 Å². The van der Waals surface area contributed by atoms with Gasteiger partial charge in [-0.15, -0.1) is 0 Å². The van der Waals surface area contributed by atoms with Gasteiger partial charge in [-0.05, 0) is 38.0 Å². The number of benzene rings is 1. The van der Waals surface area contributed by atoms with Gasteiger partial charge in [-0.1, -0.05) is 36.9 Å². The topological polar surface area (TPSA) is 36.4 Å². The van der Waals surface area contributed by atoms with Gasteiger partial charge in [-0.25, -0.2) is 0 Å². The minimum atomic E-state index is 0.667. The van der Waals surface area contributed by atoms with Crippen LogP contribution in [-0.4, -0.2) is 19.8 Å². The van der Waals surface area contributed by atoms with Crippen molar-refractivity contribution in [2.45, 2.75) is 20.8 Å². The van der Waals surface area contributed by atoms with E-state index in [1.807, 2.05) is 33.0 Å². The van der Waals surface area contributed by atoms with Gasteiger partial charge < -0.3 is 10.6 Å². The van der Waals surface area contributed by atoms with Crippen molar-refractivity contribution in [2.24, 2.45) is 4.99 Å². The van der Waals surface area contributed by atoms with Gasteiger partial charge in [0, 0.05) is 19.0 Å². The summed E-state index contributed by atoms with van der Waals surface area (Å²) in [5.41, 5.74) is 5.34. The highest BCUT2D eigenvalue weighted by Gasteiger charge is 1.99. The Morgan fingerprint density at radius 1 is 1.33 bits per heavy atom. The van der Waals surface area contributed by atoms with Crippen molar-refractivity contribution < 1.29 is 0 Å². The summed E-state index contributed by atoms with van der Waals surface area (Å²) in [6.45, 7) is 10.6. The predicted molar refractivity (Wildman–Crippen MR) is 93.3 cm³/mol. The van der Waals surface area contributed by atoms with Crippen LogP contribution in [0.3, 0.4) is 0 Å². The number of nitrogens with one attached hydrogen (secondary N) is 2. The Balaban J connectivity index is 2.95. The minimum Gasteiger partial charge on any atom is -0.390 e. The highest BCUT2D eigenvalue weighted by atomic mass is 15.0. The fraction of sp³-hybridized carbons (Fsp3) is 0.278. The molecule has 0 saturated heterocycles. The first kappa shape index (κ1) is 16.8. The molecule has 1 aromatic carbocycles. The van der Waals surface area contributed by atoms with Crippen molar-refractivity contribution in [1.82, 2.24) is 10.6 Å². The summed E-state index contributed by atoms with van der Waals surface area (Å²) in [7, 11) is 1.87. The molecule has 0 unspecified atom stereocenters. The molecule has 1 rings (SSSR count). The van der Waals surface area contributed by atoms with Crippen molar-refractivity contribution >= 4 is 12.3 Å². The van der Waals surface area contributed by atoms with Crippen molar-refractivity contribution in [2.75, 3.05) is 13.6 Å². The quantitative estimate of drug-likeness (QED) is 0.592. The van der Waals surface area contributed by atoms with Crippen LogP contribution in [0, 0.1) is 6.92 Å². The lowest BCUT2D eigenvalue weighted by Gasteiger charge is -2.11. The number of hydrogen-bond acceptors (Lipinski definition) is 3. The molecule has 2 N–H and O–H groups in total. The third kappa shape index (κ3) is 5.69. The summed E-state index contributed by atoms with van der Waals surface area (Å²) in [5, 5.41) is 6.39. The van der Waals surface area contributed by atoms with Crippen LogP contribution in [-0.2, 0) is 0 Å². The average molecular weight is 283 g/mol. The van der Waals surface area contributed by atoms with Gasteiger partial charge in [-0.3, -0.25) is 4.99 Å². The van der Waals surface area contributed by atoms with Gasteiger partial charge in [0.25, 0.3) is 0 Å². The number of hydrogen-bond donors (Lipinski definition) is 2. The molecule has 0 bridgehead atoms. The first-order chi connectivity index (χ1) is 10.1. The lowest BCUT2D eigenvalue weighted by Crippen LogP contribution is -2.22. The molecule has 0 heterocycles. The molecule has 3 nitrogen and oxygen atoms in total. The molecule has 112 valence electrons. The highest BCUT2D eigenvalue weighted by molar-refractivity contribution is 5.58. The number of likely N-dealkylation sites (N-methyl/N-ethyl adjacent to an activating group) is 1. The maximum atomic E-state index is 4.35. The fourth-order valence-corrected chi connectivity index (χ4v) is 1.81. The van der Waals surface area contributed by atoms with Gasteiger partial charge >= 0.3 is 0 Å². The maximum absolute atomic E-state index is 4.35. The van der Waals surface area contributed by atoms with E-state index in [0.717, 1.165) is 17.1 Å². The predicted octanol–water partition coefficient (Wildman–Crippen LogP) is 3.65. The summed E-state index contributed by atoms with van der Waals surface area (Å²) in [5.74, 6) is 0. The molecule has 0 saturated carbocycles. The van der Waals surface area contributed by atoms with Crippen molar-refractivity contribution in [3.05, 3.63) is 65.1 Å². The Morgan fingerprint density at radius 2 is 2.05 bits per heavy atom. The summed E-state index contributed by atoms with van der Waals surface area (Å²) in [6.07, 6.45) is 5.97. The first-order valence-corrected chi connectivity index (χ1v) is 7.11. The second-order valence-electron chi connectivity index (χ2n) is 4.78. The van der Waals surface area contributed by atoms with Gasteiger partial charge in [0.15, 0.2) is 0 Å². The Bertz CT molecular complexity index is 566. The number of aryl methyl sites for hydroxylation is 1. The van der Waals surface area contributed by atoms with Crippen molar-refractivity contribution in [1.29, 1.82) is 0 Å². The largest absolute Gasteiger partial charge is 0.390 e. The molecule has 1 aromatic rings. The van der Waals surface area contributed by atoms with E-state index in [9.17, 15) is 0 Å². The standard InChI is InChI=1S/C18H25N3/c1-6-20-16(4)18(21-13-15(3)19-5)12-11-17-10-8-7-9-14(17)2/h6-12,19,21H,3,13H2,1-2,4-5H3/b12-11+,18-16+,20-6?. The molecule has 0 aliphatic carbocycles. The molecule has 0 aliphatic rings. The normalized spacial score (nSPS) is 12.6. The molecule has 0 aromatic heterocycles. The number of allylic oxidation sites excluding steroid dienone is 2. The molecule has 3 heteroatoms. The zero-order valence-electron chi connectivity index (χ0n) is 13.4. The second-order valence-corrected chi connectivity index (χ2v) is 4.78. The summed E-state index contributed by atoms with van der Waals surface area (Å²) in [4.78, 5) is 4.35. The minimum absolute atomic E-state index is 0.667. The van der Waals surface area contributed by atoms with Crippen LogP contribution in [0.15, 0.2) is 59.0 Å². The molecule has 0 aliphatic heterocycles. The van der Waals surface area contributed by atoms with Gasteiger partial charge in [-0.2, -0.15) is 0 Å². The van der Waals surface area contributed by atoms with Crippen molar-refractivity contribution in [3.63, 3.8) is 0 Å². The molecular formula is C18H25N3. The first-order valence-electron chi connectivity index (χ1n) is 7.11. The van der Waals surface area contributed by atoms with Gasteiger partial charge in [0.05, 0.1) is 17.9 Å². The van der Waals surface area contributed by atoms with Crippen LogP contribution in [0.4, 0.5) is 0 Å². The molecule has 21 heavy (non-hydrogen) atoms. The number of aliphatic imine (C=N–C) groups is 1. The summed E-state index contributed by atoms with van der Waals surface area (Å²) >= 11 is 0. The highest BCUT2D eigenvalue weighted by Crippen LogP contribution is 2.12.